The number of piperidine rings is 1. The van der Waals surface area contributed by atoms with Crippen molar-refractivity contribution in [2.45, 2.75) is 45.1 Å². The predicted molar refractivity (Wildman–Crippen MR) is 51.7 cm³/mol. The van der Waals surface area contributed by atoms with Crippen LogP contribution in [0, 0.1) is 5.92 Å². The lowest BCUT2D eigenvalue weighted by Gasteiger charge is -2.29. The van der Waals surface area contributed by atoms with Crippen LogP contribution in [0.15, 0.2) is 0 Å². The summed E-state index contributed by atoms with van der Waals surface area (Å²) < 4.78 is 0. The first-order valence-electron chi connectivity index (χ1n) is 5.19. The van der Waals surface area contributed by atoms with E-state index in [0.717, 1.165) is 19.4 Å². The summed E-state index contributed by atoms with van der Waals surface area (Å²) in [5.74, 6) is -0.350. The van der Waals surface area contributed by atoms with E-state index in [-0.39, 0.29) is 0 Å². The topological polar surface area (TPSA) is 49.3 Å². The zero-order valence-electron chi connectivity index (χ0n) is 8.25. The van der Waals surface area contributed by atoms with Gasteiger partial charge in [-0.25, -0.2) is 0 Å². The fraction of sp³-hybridized carbons (Fsp3) is 0.900. The van der Waals surface area contributed by atoms with Gasteiger partial charge in [0, 0.05) is 12.5 Å². The van der Waals surface area contributed by atoms with E-state index in [9.17, 15) is 4.79 Å². The van der Waals surface area contributed by atoms with Crippen LogP contribution in [0.25, 0.3) is 0 Å². The van der Waals surface area contributed by atoms with Crippen molar-refractivity contribution in [1.82, 2.24) is 5.32 Å². The second-order valence-electron chi connectivity index (χ2n) is 3.82. The molecule has 1 aliphatic rings. The average molecular weight is 185 g/mol. The zero-order chi connectivity index (χ0) is 9.68. The molecule has 76 valence electrons. The van der Waals surface area contributed by atoms with Gasteiger partial charge in [0.2, 0.25) is 0 Å². The zero-order valence-corrected chi connectivity index (χ0v) is 8.25. The molecule has 0 radical (unpaired) electrons. The minimum absolute atomic E-state index is 0.314. The first-order valence-corrected chi connectivity index (χ1v) is 5.19. The third-order valence-corrected chi connectivity index (χ3v) is 2.88. The number of carboxylic acids is 1. The summed E-state index contributed by atoms with van der Waals surface area (Å²) in [6.07, 6.45) is 4.90. The predicted octanol–water partition coefficient (Wildman–Crippen LogP) is 1.63. The Hall–Kier alpha value is -0.570. The fourth-order valence-corrected chi connectivity index (χ4v) is 2.08. The SMILES string of the molecule is CC[C@H](CC(=O)O)[C@H]1CCCCN1. The summed E-state index contributed by atoms with van der Waals surface area (Å²) in [6.45, 7) is 3.13. The van der Waals surface area contributed by atoms with Crippen LogP contribution in [0.3, 0.4) is 0 Å². The number of carbonyl (C=O) groups is 1. The van der Waals surface area contributed by atoms with Crippen LogP contribution in [0.1, 0.15) is 39.0 Å². The van der Waals surface area contributed by atoms with Gasteiger partial charge in [-0.3, -0.25) is 4.79 Å². The smallest absolute Gasteiger partial charge is 0.303 e. The van der Waals surface area contributed by atoms with E-state index >= 15 is 0 Å². The summed E-state index contributed by atoms with van der Waals surface area (Å²) in [5, 5.41) is 12.1. The summed E-state index contributed by atoms with van der Waals surface area (Å²) in [6, 6.07) is 0.440. The molecule has 2 atom stereocenters. The Bertz CT molecular complexity index is 164. The van der Waals surface area contributed by atoms with Crippen molar-refractivity contribution in [3.05, 3.63) is 0 Å². The fourth-order valence-electron chi connectivity index (χ4n) is 2.08. The van der Waals surface area contributed by atoms with Crippen LogP contribution in [-0.4, -0.2) is 23.7 Å². The van der Waals surface area contributed by atoms with Crippen molar-refractivity contribution < 1.29 is 9.90 Å². The van der Waals surface area contributed by atoms with Crippen LogP contribution >= 0.6 is 0 Å². The van der Waals surface area contributed by atoms with E-state index in [1.54, 1.807) is 0 Å². The maximum absolute atomic E-state index is 10.6. The molecule has 2 N–H and O–H groups in total. The Kier molecular flexibility index (Phi) is 4.22. The molecule has 0 aromatic heterocycles. The minimum atomic E-state index is -0.667. The molecule has 1 rings (SSSR count). The summed E-state index contributed by atoms with van der Waals surface area (Å²) in [4.78, 5) is 10.6. The van der Waals surface area contributed by atoms with Crippen molar-refractivity contribution in [1.29, 1.82) is 0 Å². The molecule has 0 aromatic carbocycles. The van der Waals surface area contributed by atoms with Gasteiger partial charge in [-0.1, -0.05) is 19.8 Å². The lowest BCUT2D eigenvalue weighted by Crippen LogP contribution is -2.40. The van der Waals surface area contributed by atoms with Crippen molar-refractivity contribution in [2.24, 2.45) is 5.92 Å². The lowest BCUT2D eigenvalue weighted by atomic mass is 9.88. The van der Waals surface area contributed by atoms with Gasteiger partial charge < -0.3 is 10.4 Å². The molecule has 0 aromatic rings. The molecule has 1 fully saturated rings. The molecule has 1 saturated heterocycles. The first kappa shape index (κ1) is 10.5. The van der Waals surface area contributed by atoms with E-state index in [1.165, 1.54) is 12.8 Å². The van der Waals surface area contributed by atoms with Crippen LogP contribution in [0.4, 0.5) is 0 Å². The minimum Gasteiger partial charge on any atom is -0.481 e. The highest BCUT2D eigenvalue weighted by atomic mass is 16.4. The molecule has 0 spiro atoms. The van der Waals surface area contributed by atoms with Crippen molar-refractivity contribution >= 4 is 5.97 Å². The van der Waals surface area contributed by atoms with Gasteiger partial charge in [-0.2, -0.15) is 0 Å². The molecule has 0 saturated carbocycles. The van der Waals surface area contributed by atoms with Crippen molar-refractivity contribution in [3.8, 4) is 0 Å². The van der Waals surface area contributed by atoms with Crippen molar-refractivity contribution in [2.75, 3.05) is 6.54 Å². The highest BCUT2D eigenvalue weighted by molar-refractivity contribution is 5.67. The van der Waals surface area contributed by atoms with Gasteiger partial charge in [0.05, 0.1) is 0 Å². The Labute approximate surface area is 79.5 Å². The highest BCUT2D eigenvalue weighted by Gasteiger charge is 2.23. The second-order valence-corrected chi connectivity index (χ2v) is 3.82. The van der Waals surface area contributed by atoms with E-state index in [2.05, 4.69) is 12.2 Å². The molecule has 13 heavy (non-hydrogen) atoms. The molecule has 1 heterocycles. The molecule has 3 nitrogen and oxygen atoms in total. The maximum atomic E-state index is 10.6. The van der Waals surface area contributed by atoms with E-state index in [4.69, 9.17) is 5.11 Å². The third-order valence-electron chi connectivity index (χ3n) is 2.88. The Morgan fingerprint density at radius 1 is 1.62 bits per heavy atom. The highest BCUT2D eigenvalue weighted by Crippen LogP contribution is 2.20. The number of carboxylic acid groups (broad SMARTS) is 1. The Balaban J connectivity index is 2.39. The molecule has 0 aliphatic carbocycles. The molecular formula is C10H19NO2. The summed E-state index contributed by atoms with van der Waals surface area (Å²) in [7, 11) is 0. The third kappa shape index (κ3) is 3.35. The molecule has 0 unspecified atom stereocenters. The van der Waals surface area contributed by atoms with Gasteiger partial charge in [0.25, 0.3) is 0 Å². The van der Waals surface area contributed by atoms with E-state index in [0.29, 0.717) is 18.4 Å². The van der Waals surface area contributed by atoms with Gasteiger partial charge >= 0.3 is 5.97 Å². The number of nitrogens with one attached hydrogen (secondary N) is 1. The molecule has 0 amide bonds. The maximum Gasteiger partial charge on any atom is 0.303 e. The first-order chi connectivity index (χ1) is 6.24. The largest absolute Gasteiger partial charge is 0.481 e. The number of hydrogen-bond donors (Lipinski definition) is 2. The van der Waals surface area contributed by atoms with Gasteiger partial charge in [0.15, 0.2) is 0 Å². The lowest BCUT2D eigenvalue weighted by molar-refractivity contribution is -0.138. The number of aliphatic carboxylic acids is 1. The van der Waals surface area contributed by atoms with Gasteiger partial charge in [-0.15, -0.1) is 0 Å². The summed E-state index contributed by atoms with van der Waals surface area (Å²) >= 11 is 0. The molecular weight excluding hydrogens is 166 g/mol. The normalized spacial score (nSPS) is 25.5. The average Bonchev–Trinajstić information content (AvgIpc) is 2.15. The van der Waals surface area contributed by atoms with Crippen LogP contribution < -0.4 is 5.32 Å². The Morgan fingerprint density at radius 2 is 2.38 bits per heavy atom. The van der Waals surface area contributed by atoms with Crippen LogP contribution in [-0.2, 0) is 4.79 Å². The molecule has 0 bridgehead atoms. The number of rotatable bonds is 4. The quantitative estimate of drug-likeness (QED) is 0.700. The van der Waals surface area contributed by atoms with Gasteiger partial charge in [-0.05, 0) is 25.3 Å². The summed E-state index contributed by atoms with van der Waals surface area (Å²) in [5.41, 5.74) is 0. The second kappa shape index (κ2) is 5.22. The standard InChI is InChI=1S/C10H19NO2/c1-2-8(7-10(12)13)9-5-3-4-6-11-9/h8-9,11H,2-7H2,1H3,(H,12,13)/t8-,9-/m1/s1. The van der Waals surface area contributed by atoms with Gasteiger partial charge in [0.1, 0.15) is 0 Å². The molecule has 1 aliphatic heterocycles. The Morgan fingerprint density at radius 3 is 2.85 bits per heavy atom. The molecule has 3 heteroatoms. The number of hydrogen-bond acceptors (Lipinski definition) is 2. The van der Waals surface area contributed by atoms with Crippen molar-refractivity contribution in [3.63, 3.8) is 0 Å². The van der Waals surface area contributed by atoms with Crippen LogP contribution in [0.2, 0.25) is 0 Å². The monoisotopic (exact) mass is 185 g/mol. The van der Waals surface area contributed by atoms with Crippen LogP contribution in [0.5, 0.6) is 0 Å². The van der Waals surface area contributed by atoms with E-state index in [1.807, 2.05) is 0 Å². The van der Waals surface area contributed by atoms with E-state index < -0.39 is 5.97 Å².